The Morgan fingerprint density at radius 3 is 2.02 bits per heavy atom. The molecule has 0 saturated carbocycles. The van der Waals surface area contributed by atoms with Gasteiger partial charge in [0.15, 0.2) is 15.6 Å². The van der Waals surface area contributed by atoms with E-state index in [1.165, 1.54) is 31.2 Å². The van der Waals surface area contributed by atoms with Crippen molar-refractivity contribution < 1.29 is 56.8 Å². The third-order valence-electron chi connectivity index (χ3n) is 6.84. The van der Waals surface area contributed by atoms with Gasteiger partial charge in [0.2, 0.25) is 11.9 Å². The number of phenols is 1. The van der Waals surface area contributed by atoms with Gasteiger partial charge in [0, 0.05) is 16.5 Å². The van der Waals surface area contributed by atoms with Gasteiger partial charge in [-0.2, -0.15) is 44.6 Å². The number of rotatable bonds is 11. The molecule has 0 atom stereocenters. The van der Waals surface area contributed by atoms with E-state index in [2.05, 4.69) is 42.4 Å². The SMILES string of the molecule is C=CS(=O)(=O)c1cccc(Nc2nc(F)nc(Nc3cc(S(=O)(=O)O)cc4cc(S(=O)(=O)O)c(N=Nc5cc(C)ccc5S(=O)(=O)O)c(O)c34)n2)c1. The van der Waals surface area contributed by atoms with Gasteiger partial charge < -0.3 is 15.7 Å². The Labute approximate surface area is 293 Å². The number of nitrogens with one attached hydrogen (secondary N) is 2. The highest BCUT2D eigenvalue weighted by Crippen LogP contribution is 2.46. The third-order valence-corrected chi connectivity index (χ3v) is 10.8. The number of hydrogen-bond acceptors (Lipinski definition) is 16. The van der Waals surface area contributed by atoms with Crippen molar-refractivity contribution in [3.63, 3.8) is 0 Å². The van der Waals surface area contributed by atoms with Crippen LogP contribution in [0.1, 0.15) is 5.56 Å². The number of aromatic hydroxyl groups is 1. The molecule has 52 heavy (non-hydrogen) atoms. The maximum absolute atomic E-state index is 14.7. The Morgan fingerprint density at radius 1 is 0.750 bits per heavy atom. The van der Waals surface area contributed by atoms with E-state index >= 15 is 0 Å². The molecule has 0 aliphatic rings. The van der Waals surface area contributed by atoms with Gasteiger partial charge in [0.1, 0.15) is 21.2 Å². The molecule has 4 aromatic carbocycles. The fourth-order valence-electron chi connectivity index (χ4n) is 4.59. The lowest BCUT2D eigenvalue weighted by atomic mass is 10.1. The summed E-state index contributed by atoms with van der Waals surface area (Å²) >= 11 is 0. The van der Waals surface area contributed by atoms with Crippen LogP contribution < -0.4 is 10.6 Å². The van der Waals surface area contributed by atoms with Crippen molar-refractivity contribution in [1.82, 2.24) is 15.0 Å². The number of azo groups is 1. The summed E-state index contributed by atoms with van der Waals surface area (Å²) in [4.78, 5) is 7.89. The molecule has 0 radical (unpaired) electrons. The number of sulfone groups is 1. The first-order valence-electron chi connectivity index (χ1n) is 13.8. The number of halogens is 1. The first-order chi connectivity index (χ1) is 24.1. The van der Waals surface area contributed by atoms with Crippen molar-refractivity contribution in [1.29, 1.82) is 0 Å². The van der Waals surface area contributed by atoms with Gasteiger partial charge in [-0.25, -0.2) is 8.42 Å². The van der Waals surface area contributed by atoms with Crippen molar-refractivity contribution in [2.24, 2.45) is 10.2 Å². The zero-order valence-electron chi connectivity index (χ0n) is 25.9. The van der Waals surface area contributed by atoms with Gasteiger partial charge in [-0.05, 0) is 66.4 Å². The zero-order chi connectivity index (χ0) is 38.4. The van der Waals surface area contributed by atoms with Crippen LogP contribution in [0.15, 0.2) is 102 Å². The van der Waals surface area contributed by atoms with Crippen LogP contribution in [-0.4, -0.2) is 67.4 Å². The van der Waals surface area contributed by atoms with E-state index in [0.717, 1.165) is 18.2 Å². The van der Waals surface area contributed by atoms with Crippen LogP contribution in [0.3, 0.4) is 0 Å². The predicted molar refractivity (Wildman–Crippen MR) is 181 cm³/mol. The molecule has 0 aliphatic heterocycles. The topological polar surface area (TPSA) is 305 Å². The number of fused-ring (bicyclic) bond motifs is 1. The summed E-state index contributed by atoms with van der Waals surface area (Å²) in [5, 5.41) is 23.4. The van der Waals surface area contributed by atoms with E-state index < -0.39 is 106 Å². The molecule has 19 nitrogen and oxygen atoms in total. The molecule has 1 aromatic heterocycles. The highest BCUT2D eigenvalue weighted by atomic mass is 32.2. The normalized spacial score (nSPS) is 12.6. The number of aryl methyl sites for hydroxylation is 1. The van der Waals surface area contributed by atoms with E-state index in [0.29, 0.717) is 29.2 Å². The molecule has 0 amide bonds. The lowest BCUT2D eigenvalue weighted by Crippen LogP contribution is -2.08. The molecule has 0 spiro atoms. The minimum atomic E-state index is -5.32. The highest BCUT2D eigenvalue weighted by molar-refractivity contribution is 7.94. The van der Waals surface area contributed by atoms with Gasteiger partial charge in [-0.15, -0.1) is 10.2 Å². The molecule has 0 aliphatic carbocycles. The highest BCUT2D eigenvalue weighted by Gasteiger charge is 2.26. The fourth-order valence-corrected chi connectivity index (χ4v) is 7.14. The Bertz CT molecular complexity index is 2800. The Morgan fingerprint density at radius 2 is 1.40 bits per heavy atom. The summed E-state index contributed by atoms with van der Waals surface area (Å²) in [6.07, 6.45) is -1.43. The van der Waals surface area contributed by atoms with Crippen LogP contribution in [0.2, 0.25) is 0 Å². The van der Waals surface area contributed by atoms with Crippen molar-refractivity contribution in [3.05, 3.63) is 84.3 Å². The third kappa shape index (κ3) is 8.17. The van der Waals surface area contributed by atoms with E-state index in [1.54, 1.807) is 0 Å². The van der Waals surface area contributed by atoms with Crippen molar-refractivity contribution in [2.75, 3.05) is 10.6 Å². The summed E-state index contributed by atoms with van der Waals surface area (Å²) in [7, 11) is -19.2. The zero-order valence-corrected chi connectivity index (χ0v) is 29.1. The van der Waals surface area contributed by atoms with Crippen molar-refractivity contribution in [3.8, 4) is 5.75 Å². The van der Waals surface area contributed by atoms with Gasteiger partial charge in [-0.1, -0.05) is 18.7 Å². The maximum Gasteiger partial charge on any atom is 0.315 e. The summed E-state index contributed by atoms with van der Waals surface area (Å²) in [5.41, 5.74) is -1.59. The van der Waals surface area contributed by atoms with Gasteiger partial charge in [0.05, 0.1) is 15.5 Å². The molecule has 24 heteroatoms. The van der Waals surface area contributed by atoms with Crippen LogP contribution in [0.4, 0.5) is 39.0 Å². The minimum absolute atomic E-state index is 0.0643. The summed E-state index contributed by atoms with van der Waals surface area (Å²) in [6, 6.07) is 10.6. The molecule has 6 N–H and O–H groups in total. The number of hydrogen-bond donors (Lipinski definition) is 6. The average molecular weight is 796 g/mol. The Kier molecular flexibility index (Phi) is 9.85. The fraction of sp³-hybridized carbons (Fsp3) is 0.0357. The number of nitrogens with zero attached hydrogens (tertiary/aromatic N) is 5. The van der Waals surface area contributed by atoms with E-state index in [4.69, 9.17) is 0 Å². The first kappa shape index (κ1) is 37.7. The molecule has 0 unspecified atom stereocenters. The molecule has 0 saturated heterocycles. The number of aromatic nitrogens is 3. The molecular weight excluding hydrogens is 774 g/mol. The lowest BCUT2D eigenvalue weighted by Gasteiger charge is -2.15. The second kappa shape index (κ2) is 13.6. The average Bonchev–Trinajstić information content (AvgIpc) is 3.02. The number of phenolic OH excluding ortho intramolecular Hbond substituents is 1. The standard InChI is InChI=1S/C28H22FN7O12S4/c1-3-49(38,39)17-6-4-5-16(12-17)30-27-32-26(29)33-28(34-27)31-20-13-18(50(40,41)42)10-15-11-22(52(46,47)48)24(25(37)23(15)20)36-35-19-9-14(2)7-8-21(19)51(43,44)45/h3-13,37H,1H2,2H3,(H,40,41,42)(H,43,44,45)(H,46,47,48)(H2,30,31,32,33,34). The van der Waals surface area contributed by atoms with Crippen LogP contribution in [0.5, 0.6) is 5.75 Å². The molecular formula is C28H22FN7O12S4. The predicted octanol–water partition coefficient (Wildman–Crippen LogP) is 4.74. The molecule has 5 aromatic rings. The number of benzene rings is 4. The molecule has 0 bridgehead atoms. The minimum Gasteiger partial charge on any atom is -0.505 e. The van der Waals surface area contributed by atoms with E-state index in [1.807, 2.05) is 0 Å². The maximum atomic E-state index is 14.7. The molecule has 5 rings (SSSR count). The monoisotopic (exact) mass is 795 g/mol. The van der Waals surface area contributed by atoms with Crippen LogP contribution in [0.25, 0.3) is 10.8 Å². The van der Waals surface area contributed by atoms with Crippen LogP contribution in [0, 0.1) is 13.0 Å². The smallest absolute Gasteiger partial charge is 0.315 e. The van der Waals surface area contributed by atoms with Crippen LogP contribution in [-0.2, 0) is 40.2 Å². The Hall–Kier alpha value is -5.50. The van der Waals surface area contributed by atoms with Gasteiger partial charge in [0.25, 0.3) is 30.4 Å². The van der Waals surface area contributed by atoms with E-state index in [9.17, 15) is 56.8 Å². The molecule has 0 fully saturated rings. The lowest BCUT2D eigenvalue weighted by molar-refractivity contribution is 0.472. The second-order valence-corrected chi connectivity index (χ2v) is 16.6. The molecule has 272 valence electrons. The van der Waals surface area contributed by atoms with Crippen LogP contribution >= 0.6 is 0 Å². The van der Waals surface area contributed by atoms with Gasteiger partial charge >= 0.3 is 6.08 Å². The quantitative estimate of drug-likeness (QED) is 0.0777. The first-order valence-corrected chi connectivity index (χ1v) is 19.7. The van der Waals surface area contributed by atoms with Gasteiger partial charge in [-0.3, -0.25) is 13.7 Å². The molecule has 1 heterocycles. The largest absolute Gasteiger partial charge is 0.505 e. The Balaban J connectivity index is 1.70. The summed E-state index contributed by atoms with van der Waals surface area (Å²) < 4.78 is 142. The second-order valence-electron chi connectivity index (χ2n) is 10.5. The van der Waals surface area contributed by atoms with Crippen molar-refractivity contribution in [2.45, 2.75) is 26.5 Å². The van der Waals surface area contributed by atoms with E-state index in [-0.39, 0.29) is 10.6 Å². The number of anilines is 4. The van der Waals surface area contributed by atoms with Crippen molar-refractivity contribution >= 4 is 85.6 Å². The summed E-state index contributed by atoms with van der Waals surface area (Å²) in [6.45, 7) is 4.76. The summed E-state index contributed by atoms with van der Waals surface area (Å²) in [5.74, 6) is -2.33.